The maximum Gasteiger partial charge on any atom is 0.220 e. The maximum absolute atomic E-state index is 11.9. The number of piperidine rings is 1. The number of nitrogens with one attached hydrogen (secondary N) is 1. The normalized spacial score (nSPS) is 17.9. The Kier molecular flexibility index (Phi) is 9.68. The number of rotatable bonds is 10. The van der Waals surface area contributed by atoms with Crippen LogP contribution in [0.25, 0.3) is 0 Å². The highest BCUT2D eigenvalue weighted by molar-refractivity contribution is 5.75. The Morgan fingerprint density at radius 1 is 1.19 bits per heavy atom. The van der Waals surface area contributed by atoms with E-state index < -0.39 is 0 Å². The SMILES string of the molecule is CC(C)C(CCN)CCC(=O)NCCCN1CCCCC1. The third kappa shape index (κ3) is 8.42. The van der Waals surface area contributed by atoms with Crippen LogP contribution in [0.15, 0.2) is 0 Å². The molecule has 4 nitrogen and oxygen atoms in total. The van der Waals surface area contributed by atoms with E-state index >= 15 is 0 Å². The quantitative estimate of drug-likeness (QED) is 0.609. The van der Waals surface area contributed by atoms with Crippen LogP contribution in [-0.4, -0.2) is 43.5 Å². The van der Waals surface area contributed by atoms with Gasteiger partial charge >= 0.3 is 0 Å². The second-order valence-electron chi connectivity index (χ2n) is 6.73. The molecule has 0 aromatic rings. The minimum Gasteiger partial charge on any atom is -0.356 e. The standard InChI is InChI=1S/C17H35N3O/c1-15(2)16(9-10-18)7-8-17(21)19-11-6-14-20-12-4-3-5-13-20/h15-16H,3-14,18H2,1-2H3,(H,19,21). The summed E-state index contributed by atoms with van der Waals surface area (Å²) < 4.78 is 0. The van der Waals surface area contributed by atoms with Crippen LogP contribution in [0.3, 0.4) is 0 Å². The molecule has 0 radical (unpaired) electrons. The van der Waals surface area contributed by atoms with Gasteiger partial charge in [0, 0.05) is 13.0 Å². The fourth-order valence-corrected chi connectivity index (χ4v) is 3.14. The summed E-state index contributed by atoms with van der Waals surface area (Å²) in [6.45, 7) is 9.58. The molecule has 1 aliphatic rings. The number of carbonyl (C=O) groups is 1. The first-order valence-electron chi connectivity index (χ1n) is 8.82. The Labute approximate surface area is 130 Å². The summed E-state index contributed by atoms with van der Waals surface area (Å²) in [5.41, 5.74) is 5.64. The molecule has 0 aliphatic carbocycles. The number of nitrogens with zero attached hydrogens (tertiary/aromatic N) is 1. The van der Waals surface area contributed by atoms with E-state index in [1.54, 1.807) is 0 Å². The van der Waals surface area contributed by atoms with E-state index in [0.717, 1.165) is 38.9 Å². The third-order valence-electron chi connectivity index (χ3n) is 4.64. The van der Waals surface area contributed by atoms with Crippen molar-refractivity contribution < 1.29 is 4.79 Å². The Balaban J connectivity index is 2.04. The smallest absolute Gasteiger partial charge is 0.220 e. The molecule has 124 valence electrons. The Morgan fingerprint density at radius 2 is 1.90 bits per heavy atom. The first kappa shape index (κ1) is 18.4. The second-order valence-corrected chi connectivity index (χ2v) is 6.73. The Morgan fingerprint density at radius 3 is 2.52 bits per heavy atom. The van der Waals surface area contributed by atoms with Crippen molar-refractivity contribution in [1.82, 2.24) is 10.2 Å². The molecule has 0 spiro atoms. The fraction of sp³-hybridized carbons (Fsp3) is 0.941. The van der Waals surface area contributed by atoms with Crippen LogP contribution in [0.4, 0.5) is 0 Å². The molecular weight excluding hydrogens is 262 g/mol. The molecule has 21 heavy (non-hydrogen) atoms. The zero-order valence-corrected chi connectivity index (χ0v) is 14.1. The molecule has 0 aromatic carbocycles. The minimum absolute atomic E-state index is 0.205. The zero-order valence-electron chi connectivity index (χ0n) is 14.1. The van der Waals surface area contributed by atoms with Gasteiger partial charge in [-0.25, -0.2) is 0 Å². The average molecular weight is 297 g/mol. The van der Waals surface area contributed by atoms with Crippen molar-refractivity contribution in [3.63, 3.8) is 0 Å². The van der Waals surface area contributed by atoms with Gasteiger partial charge in [0.25, 0.3) is 0 Å². The molecule has 0 bridgehead atoms. The molecule has 0 saturated carbocycles. The largest absolute Gasteiger partial charge is 0.356 e. The van der Waals surface area contributed by atoms with Gasteiger partial charge in [-0.1, -0.05) is 20.3 Å². The van der Waals surface area contributed by atoms with Crippen molar-refractivity contribution in [3.05, 3.63) is 0 Å². The molecular formula is C17H35N3O. The predicted molar refractivity (Wildman–Crippen MR) is 89.2 cm³/mol. The number of likely N-dealkylation sites (tertiary alicyclic amines) is 1. The van der Waals surface area contributed by atoms with Gasteiger partial charge in [-0.3, -0.25) is 4.79 Å². The third-order valence-corrected chi connectivity index (χ3v) is 4.64. The lowest BCUT2D eigenvalue weighted by molar-refractivity contribution is -0.121. The van der Waals surface area contributed by atoms with Crippen LogP contribution < -0.4 is 11.1 Å². The molecule has 1 aliphatic heterocycles. The van der Waals surface area contributed by atoms with Crippen molar-refractivity contribution in [2.24, 2.45) is 17.6 Å². The van der Waals surface area contributed by atoms with Crippen LogP contribution in [0.5, 0.6) is 0 Å². The maximum atomic E-state index is 11.9. The summed E-state index contributed by atoms with van der Waals surface area (Å²) in [6, 6.07) is 0. The molecule has 1 amide bonds. The highest BCUT2D eigenvalue weighted by atomic mass is 16.1. The van der Waals surface area contributed by atoms with Crippen LogP contribution in [0.2, 0.25) is 0 Å². The molecule has 4 heteroatoms. The lowest BCUT2D eigenvalue weighted by Crippen LogP contribution is -2.33. The number of hydrogen-bond acceptors (Lipinski definition) is 3. The van der Waals surface area contributed by atoms with E-state index in [4.69, 9.17) is 5.73 Å². The summed E-state index contributed by atoms with van der Waals surface area (Å²) in [7, 11) is 0. The summed E-state index contributed by atoms with van der Waals surface area (Å²) in [6.07, 6.45) is 7.77. The van der Waals surface area contributed by atoms with Crippen LogP contribution >= 0.6 is 0 Å². The monoisotopic (exact) mass is 297 g/mol. The topological polar surface area (TPSA) is 58.4 Å². The van der Waals surface area contributed by atoms with Gasteiger partial charge in [-0.05, 0) is 70.1 Å². The average Bonchev–Trinajstić information content (AvgIpc) is 2.48. The van der Waals surface area contributed by atoms with Gasteiger partial charge in [0.2, 0.25) is 5.91 Å². The van der Waals surface area contributed by atoms with Crippen molar-refractivity contribution >= 4 is 5.91 Å². The lowest BCUT2D eigenvalue weighted by Gasteiger charge is -2.26. The van der Waals surface area contributed by atoms with Crippen molar-refractivity contribution in [3.8, 4) is 0 Å². The minimum atomic E-state index is 0.205. The first-order valence-corrected chi connectivity index (χ1v) is 8.82. The summed E-state index contributed by atoms with van der Waals surface area (Å²) >= 11 is 0. The number of amides is 1. The predicted octanol–water partition coefficient (Wildman–Crippen LogP) is 2.38. The van der Waals surface area contributed by atoms with Crippen LogP contribution in [0.1, 0.15) is 58.8 Å². The molecule has 1 fully saturated rings. The van der Waals surface area contributed by atoms with E-state index in [2.05, 4.69) is 24.1 Å². The molecule has 1 saturated heterocycles. The van der Waals surface area contributed by atoms with E-state index in [-0.39, 0.29) is 5.91 Å². The van der Waals surface area contributed by atoms with E-state index in [1.165, 1.54) is 32.4 Å². The van der Waals surface area contributed by atoms with Gasteiger partial charge in [0.15, 0.2) is 0 Å². The fourth-order valence-electron chi connectivity index (χ4n) is 3.14. The van der Waals surface area contributed by atoms with Crippen molar-refractivity contribution in [1.29, 1.82) is 0 Å². The molecule has 1 heterocycles. The summed E-state index contributed by atoms with van der Waals surface area (Å²) in [5, 5.41) is 3.06. The molecule has 1 atom stereocenters. The molecule has 0 aromatic heterocycles. The van der Waals surface area contributed by atoms with Gasteiger partial charge in [0.1, 0.15) is 0 Å². The highest BCUT2D eigenvalue weighted by Gasteiger charge is 2.14. The van der Waals surface area contributed by atoms with Crippen LogP contribution in [0, 0.1) is 11.8 Å². The van der Waals surface area contributed by atoms with Crippen LogP contribution in [-0.2, 0) is 4.79 Å². The van der Waals surface area contributed by atoms with Crippen molar-refractivity contribution in [2.75, 3.05) is 32.7 Å². The molecule has 1 unspecified atom stereocenters. The van der Waals surface area contributed by atoms with Crippen molar-refractivity contribution in [2.45, 2.75) is 58.8 Å². The van der Waals surface area contributed by atoms with Gasteiger partial charge in [-0.15, -0.1) is 0 Å². The van der Waals surface area contributed by atoms with Gasteiger partial charge < -0.3 is 16.0 Å². The Hall–Kier alpha value is -0.610. The van der Waals surface area contributed by atoms with E-state index in [1.807, 2.05) is 0 Å². The lowest BCUT2D eigenvalue weighted by atomic mass is 9.88. The van der Waals surface area contributed by atoms with Gasteiger partial charge in [0.05, 0.1) is 0 Å². The van der Waals surface area contributed by atoms with E-state index in [9.17, 15) is 4.79 Å². The summed E-state index contributed by atoms with van der Waals surface area (Å²) in [4.78, 5) is 14.4. The number of carbonyl (C=O) groups excluding carboxylic acids is 1. The highest BCUT2D eigenvalue weighted by Crippen LogP contribution is 2.20. The summed E-state index contributed by atoms with van der Waals surface area (Å²) in [5.74, 6) is 1.39. The molecule has 1 rings (SSSR count). The van der Waals surface area contributed by atoms with Gasteiger partial charge in [-0.2, -0.15) is 0 Å². The van der Waals surface area contributed by atoms with E-state index in [0.29, 0.717) is 18.3 Å². The second kappa shape index (κ2) is 11.0. The Bertz CT molecular complexity index is 275. The number of hydrogen-bond donors (Lipinski definition) is 2. The number of nitrogens with two attached hydrogens (primary N) is 1. The first-order chi connectivity index (χ1) is 10.1. The zero-order chi connectivity index (χ0) is 15.5. The molecule has 3 N–H and O–H groups in total.